The first kappa shape index (κ1) is 16.7. The third kappa shape index (κ3) is 7.14. The molecule has 102 valence electrons. The molecule has 5 heteroatoms. The SMILES string of the molecule is CNCCC(=O)NCCOc1cccc(C)c1.Cl. The average Bonchev–Trinajstić information content (AvgIpc) is 2.32. The Morgan fingerprint density at radius 1 is 1.33 bits per heavy atom. The van der Waals surface area contributed by atoms with E-state index in [9.17, 15) is 4.79 Å². The Kier molecular flexibility index (Phi) is 9.06. The highest BCUT2D eigenvalue weighted by atomic mass is 35.5. The average molecular weight is 273 g/mol. The second kappa shape index (κ2) is 9.74. The van der Waals surface area contributed by atoms with E-state index >= 15 is 0 Å². The van der Waals surface area contributed by atoms with Crippen molar-refractivity contribution in [3.05, 3.63) is 29.8 Å². The van der Waals surface area contributed by atoms with Crippen molar-refractivity contribution in [3.63, 3.8) is 0 Å². The van der Waals surface area contributed by atoms with Gasteiger partial charge in [-0.05, 0) is 31.7 Å². The summed E-state index contributed by atoms with van der Waals surface area (Å²) in [6, 6.07) is 7.86. The lowest BCUT2D eigenvalue weighted by molar-refractivity contribution is -0.121. The lowest BCUT2D eigenvalue weighted by Crippen LogP contribution is -2.30. The molecule has 2 N–H and O–H groups in total. The summed E-state index contributed by atoms with van der Waals surface area (Å²) in [6.07, 6.45) is 0.501. The maximum absolute atomic E-state index is 11.3. The Hall–Kier alpha value is -1.26. The van der Waals surface area contributed by atoms with E-state index in [1.54, 1.807) is 0 Å². The Morgan fingerprint density at radius 2 is 2.11 bits per heavy atom. The van der Waals surface area contributed by atoms with E-state index in [1.807, 2.05) is 38.2 Å². The summed E-state index contributed by atoms with van der Waals surface area (Å²) in [5, 5.41) is 5.73. The fourth-order valence-corrected chi connectivity index (χ4v) is 1.39. The van der Waals surface area contributed by atoms with Crippen LogP contribution in [0, 0.1) is 6.92 Å². The normalized spacial score (nSPS) is 9.44. The van der Waals surface area contributed by atoms with Crippen LogP contribution in [0.5, 0.6) is 5.75 Å². The number of amides is 1. The van der Waals surface area contributed by atoms with Crippen LogP contribution in [0.2, 0.25) is 0 Å². The zero-order valence-corrected chi connectivity index (χ0v) is 11.7. The number of aryl methyl sites for hydroxylation is 1. The van der Waals surface area contributed by atoms with E-state index in [-0.39, 0.29) is 18.3 Å². The zero-order valence-electron chi connectivity index (χ0n) is 10.9. The number of carbonyl (C=O) groups is 1. The van der Waals surface area contributed by atoms with Crippen molar-refractivity contribution in [2.75, 3.05) is 26.7 Å². The van der Waals surface area contributed by atoms with Crippen LogP contribution < -0.4 is 15.4 Å². The van der Waals surface area contributed by atoms with Gasteiger partial charge in [-0.2, -0.15) is 0 Å². The molecule has 4 nitrogen and oxygen atoms in total. The van der Waals surface area contributed by atoms with Crippen LogP contribution in [0.3, 0.4) is 0 Å². The fraction of sp³-hybridized carbons (Fsp3) is 0.462. The maximum atomic E-state index is 11.3. The van der Waals surface area contributed by atoms with Gasteiger partial charge in [0.25, 0.3) is 0 Å². The molecule has 0 bridgehead atoms. The number of ether oxygens (including phenoxy) is 1. The summed E-state index contributed by atoms with van der Waals surface area (Å²) in [6.45, 7) is 3.75. The zero-order chi connectivity index (χ0) is 12.5. The Bertz CT molecular complexity index is 359. The Labute approximate surface area is 115 Å². The third-order valence-electron chi connectivity index (χ3n) is 2.28. The Morgan fingerprint density at radius 3 is 2.78 bits per heavy atom. The standard InChI is InChI=1S/C13H20N2O2.ClH/c1-11-4-3-5-12(10-11)17-9-8-15-13(16)6-7-14-2;/h3-5,10,14H,6-9H2,1-2H3,(H,15,16);1H. The lowest BCUT2D eigenvalue weighted by atomic mass is 10.2. The van der Waals surface area contributed by atoms with Gasteiger partial charge >= 0.3 is 0 Å². The largest absolute Gasteiger partial charge is 0.492 e. The first-order chi connectivity index (χ1) is 8.22. The van der Waals surface area contributed by atoms with Crippen molar-refractivity contribution in [3.8, 4) is 5.75 Å². The second-order valence-corrected chi connectivity index (χ2v) is 3.87. The monoisotopic (exact) mass is 272 g/mol. The van der Waals surface area contributed by atoms with Crippen molar-refractivity contribution in [1.82, 2.24) is 10.6 Å². The summed E-state index contributed by atoms with van der Waals surface area (Å²) in [7, 11) is 1.83. The molecular formula is C13H21ClN2O2. The van der Waals surface area contributed by atoms with E-state index in [4.69, 9.17) is 4.74 Å². The van der Waals surface area contributed by atoms with Gasteiger partial charge in [0.15, 0.2) is 0 Å². The predicted octanol–water partition coefficient (Wildman–Crippen LogP) is 1.52. The van der Waals surface area contributed by atoms with Gasteiger partial charge in [-0.1, -0.05) is 12.1 Å². The van der Waals surface area contributed by atoms with Gasteiger partial charge in [0.2, 0.25) is 5.91 Å². The molecule has 0 aliphatic carbocycles. The molecule has 0 atom stereocenters. The van der Waals surface area contributed by atoms with Crippen molar-refractivity contribution in [2.45, 2.75) is 13.3 Å². The van der Waals surface area contributed by atoms with Crippen LogP contribution in [0.15, 0.2) is 24.3 Å². The Balaban J connectivity index is 0.00000289. The van der Waals surface area contributed by atoms with Crippen molar-refractivity contribution in [2.24, 2.45) is 0 Å². The highest BCUT2D eigenvalue weighted by molar-refractivity contribution is 5.85. The van der Waals surface area contributed by atoms with Crippen LogP contribution in [0.1, 0.15) is 12.0 Å². The van der Waals surface area contributed by atoms with Crippen molar-refractivity contribution in [1.29, 1.82) is 0 Å². The van der Waals surface area contributed by atoms with E-state index in [0.29, 0.717) is 26.1 Å². The quantitative estimate of drug-likeness (QED) is 0.740. The number of nitrogens with one attached hydrogen (secondary N) is 2. The molecule has 0 unspecified atom stereocenters. The molecule has 1 aromatic rings. The summed E-state index contributed by atoms with van der Waals surface area (Å²) in [5.74, 6) is 0.890. The summed E-state index contributed by atoms with van der Waals surface area (Å²) >= 11 is 0. The molecule has 1 amide bonds. The summed E-state index contributed by atoms with van der Waals surface area (Å²) in [4.78, 5) is 11.3. The first-order valence-corrected chi connectivity index (χ1v) is 5.83. The number of hydrogen-bond acceptors (Lipinski definition) is 3. The molecule has 0 heterocycles. The molecule has 0 saturated carbocycles. The maximum Gasteiger partial charge on any atom is 0.221 e. The smallest absolute Gasteiger partial charge is 0.221 e. The molecule has 0 radical (unpaired) electrons. The van der Waals surface area contributed by atoms with Gasteiger partial charge in [-0.3, -0.25) is 4.79 Å². The minimum Gasteiger partial charge on any atom is -0.492 e. The molecule has 0 aliphatic heterocycles. The van der Waals surface area contributed by atoms with Gasteiger partial charge in [0, 0.05) is 13.0 Å². The van der Waals surface area contributed by atoms with Crippen LogP contribution in [0.4, 0.5) is 0 Å². The lowest BCUT2D eigenvalue weighted by Gasteiger charge is -2.08. The molecule has 1 aromatic carbocycles. The molecule has 0 aliphatic rings. The van der Waals surface area contributed by atoms with Crippen molar-refractivity contribution >= 4 is 18.3 Å². The van der Waals surface area contributed by atoms with E-state index in [2.05, 4.69) is 10.6 Å². The van der Waals surface area contributed by atoms with Crippen molar-refractivity contribution < 1.29 is 9.53 Å². The number of benzene rings is 1. The number of rotatable bonds is 7. The molecule has 18 heavy (non-hydrogen) atoms. The van der Waals surface area contributed by atoms with Crippen LogP contribution in [-0.4, -0.2) is 32.7 Å². The highest BCUT2D eigenvalue weighted by Crippen LogP contribution is 2.11. The predicted molar refractivity (Wildman–Crippen MR) is 75.5 cm³/mol. The van der Waals surface area contributed by atoms with Crippen LogP contribution >= 0.6 is 12.4 Å². The number of halogens is 1. The summed E-state index contributed by atoms with van der Waals surface area (Å²) < 4.78 is 5.51. The van der Waals surface area contributed by atoms with Gasteiger partial charge in [-0.15, -0.1) is 12.4 Å². The summed E-state index contributed by atoms with van der Waals surface area (Å²) in [5.41, 5.74) is 1.17. The molecule has 0 saturated heterocycles. The van der Waals surface area contributed by atoms with E-state index in [1.165, 1.54) is 5.56 Å². The first-order valence-electron chi connectivity index (χ1n) is 5.83. The van der Waals surface area contributed by atoms with Crippen LogP contribution in [0.25, 0.3) is 0 Å². The van der Waals surface area contributed by atoms with Crippen LogP contribution in [-0.2, 0) is 4.79 Å². The minimum atomic E-state index is 0. The van der Waals surface area contributed by atoms with Gasteiger partial charge < -0.3 is 15.4 Å². The topological polar surface area (TPSA) is 50.4 Å². The molecule has 0 fully saturated rings. The highest BCUT2D eigenvalue weighted by Gasteiger charge is 1.99. The fourth-order valence-electron chi connectivity index (χ4n) is 1.39. The molecule has 0 spiro atoms. The molecular weight excluding hydrogens is 252 g/mol. The minimum absolute atomic E-state index is 0. The molecule has 1 rings (SSSR count). The second-order valence-electron chi connectivity index (χ2n) is 3.87. The molecule has 0 aromatic heterocycles. The van der Waals surface area contributed by atoms with Gasteiger partial charge in [0.1, 0.15) is 12.4 Å². The van der Waals surface area contributed by atoms with Gasteiger partial charge in [-0.25, -0.2) is 0 Å². The van der Waals surface area contributed by atoms with E-state index < -0.39 is 0 Å². The number of carbonyl (C=O) groups excluding carboxylic acids is 1. The number of hydrogen-bond donors (Lipinski definition) is 2. The third-order valence-corrected chi connectivity index (χ3v) is 2.28. The van der Waals surface area contributed by atoms with E-state index in [0.717, 1.165) is 5.75 Å². The van der Waals surface area contributed by atoms with Gasteiger partial charge in [0.05, 0.1) is 6.54 Å².